The highest BCUT2D eigenvalue weighted by molar-refractivity contribution is 7.90. The summed E-state index contributed by atoms with van der Waals surface area (Å²) in [7, 11) is -4.01. The van der Waals surface area contributed by atoms with E-state index in [0.717, 1.165) is 4.90 Å². The van der Waals surface area contributed by atoms with Gasteiger partial charge in [0.15, 0.2) is 17.3 Å². The van der Waals surface area contributed by atoms with Crippen LogP contribution in [0.1, 0.15) is 29.3 Å². The fourth-order valence-corrected chi connectivity index (χ4v) is 5.91. The standard InChI is InChI=1S/C20H20FN6O5S2/c1-12-6-13(32-24-12)8-27-18(28)15-7-14(34(30,31)25-20(10-21)4-5-20)2-3-16(15)26(19(27)29)9-17-23-22-11-33-17/h2-3,6-7,11,14,25H,4-5,8-10H2,1H3/q+1. The number of rotatable bonds is 8. The molecule has 3 heterocycles. The van der Waals surface area contributed by atoms with Crippen LogP contribution in [0.5, 0.6) is 0 Å². The van der Waals surface area contributed by atoms with E-state index in [4.69, 9.17) is 4.52 Å². The van der Waals surface area contributed by atoms with Crippen LogP contribution in [0.3, 0.4) is 0 Å². The van der Waals surface area contributed by atoms with Gasteiger partial charge in [-0.25, -0.2) is 22.3 Å². The number of carbonyl (C=O) groups excluding carboxylic acids is 2. The Labute approximate surface area is 197 Å². The molecule has 34 heavy (non-hydrogen) atoms. The molecule has 0 spiro atoms. The summed E-state index contributed by atoms with van der Waals surface area (Å²) < 4.78 is 48.1. The Kier molecular flexibility index (Phi) is 5.53. The lowest BCUT2D eigenvalue weighted by Crippen LogP contribution is -2.51. The van der Waals surface area contributed by atoms with Crippen LogP contribution in [0.2, 0.25) is 0 Å². The molecule has 11 nitrogen and oxygen atoms in total. The normalized spacial score (nSPS) is 21.6. The molecule has 0 radical (unpaired) electrons. The number of urea groups is 1. The van der Waals surface area contributed by atoms with Gasteiger partial charge < -0.3 is 4.52 Å². The molecule has 14 heteroatoms. The van der Waals surface area contributed by atoms with E-state index >= 15 is 0 Å². The van der Waals surface area contributed by atoms with Crippen molar-refractivity contribution >= 4 is 39.0 Å². The van der Waals surface area contributed by atoms with Crippen LogP contribution in [0.25, 0.3) is 0 Å². The summed E-state index contributed by atoms with van der Waals surface area (Å²) in [5.74, 6) is -0.367. The van der Waals surface area contributed by atoms with Gasteiger partial charge in [-0.3, -0.25) is 0 Å². The molecule has 0 bridgehead atoms. The number of imide groups is 1. The van der Waals surface area contributed by atoms with Crippen LogP contribution in [0.15, 0.2) is 39.9 Å². The number of alkyl halides is 1. The SMILES string of the molecule is Cc1cc(CN2C(=O)C3=CC(S(=O)(=O)NC4(CF)CC4)C=CC3=[N+](Cc3nncs3)C2=O)on1. The van der Waals surface area contributed by atoms with Gasteiger partial charge in [-0.05, 0) is 31.9 Å². The molecule has 2 aromatic rings. The number of amides is 3. The number of sulfonamides is 1. The maximum Gasteiger partial charge on any atom is 0.502 e. The first kappa shape index (κ1) is 22.7. The van der Waals surface area contributed by atoms with Gasteiger partial charge in [0.05, 0.1) is 11.2 Å². The average Bonchev–Trinajstić information content (AvgIpc) is 3.17. The fourth-order valence-electron chi connectivity index (χ4n) is 3.79. The summed E-state index contributed by atoms with van der Waals surface area (Å²) in [6.45, 7) is 0.770. The van der Waals surface area contributed by atoms with Gasteiger partial charge in [-0.15, -0.1) is 26.4 Å². The van der Waals surface area contributed by atoms with Gasteiger partial charge in [0.1, 0.15) is 35.3 Å². The zero-order chi connectivity index (χ0) is 24.1. The first-order chi connectivity index (χ1) is 16.2. The molecule has 5 rings (SSSR count). The summed E-state index contributed by atoms with van der Waals surface area (Å²) in [4.78, 5) is 27.6. The Hall–Kier alpha value is -3.10. The lowest BCUT2D eigenvalue weighted by molar-refractivity contribution is -0.453. The summed E-state index contributed by atoms with van der Waals surface area (Å²) in [5.41, 5.74) is 1.34. The van der Waals surface area contributed by atoms with Crippen molar-refractivity contribution in [3.8, 4) is 0 Å². The molecule has 0 saturated heterocycles. The Morgan fingerprint density at radius 1 is 1.38 bits per heavy atom. The Morgan fingerprint density at radius 3 is 2.79 bits per heavy atom. The highest BCUT2D eigenvalue weighted by Gasteiger charge is 2.49. The van der Waals surface area contributed by atoms with Gasteiger partial charge in [-0.2, -0.15) is 9.37 Å². The number of hydrogen-bond donors (Lipinski definition) is 1. The topological polar surface area (TPSA) is 138 Å². The van der Waals surface area contributed by atoms with Gasteiger partial charge in [0.25, 0.3) is 0 Å². The van der Waals surface area contributed by atoms with E-state index in [1.165, 1.54) is 39.7 Å². The quantitative estimate of drug-likeness (QED) is 0.527. The second-order valence-corrected chi connectivity index (χ2v) is 11.1. The van der Waals surface area contributed by atoms with E-state index in [9.17, 15) is 22.4 Å². The van der Waals surface area contributed by atoms with Gasteiger partial charge in [0, 0.05) is 6.07 Å². The van der Waals surface area contributed by atoms with Crippen molar-refractivity contribution in [2.45, 2.75) is 43.6 Å². The highest BCUT2D eigenvalue weighted by Crippen LogP contribution is 2.37. The number of carbonyl (C=O) groups is 2. The molecular formula is C20H20FN6O5S2+. The molecule has 1 aliphatic heterocycles. The highest BCUT2D eigenvalue weighted by atomic mass is 32.2. The number of halogens is 1. The van der Waals surface area contributed by atoms with Gasteiger partial charge in [-0.1, -0.05) is 11.2 Å². The Balaban J connectivity index is 1.53. The smallest absolute Gasteiger partial charge is 0.357 e. The second-order valence-electron chi connectivity index (χ2n) is 8.38. The average molecular weight is 508 g/mol. The number of hydrogen-bond acceptors (Lipinski definition) is 9. The third-order valence-electron chi connectivity index (χ3n) is 5.79. The number of fused-ring (bicyclic) bond motifs is 1. The van der Waals surface area contributed by atoms with E-state index in [1.54, 1.807) is 13.0 Å². The van der Waals surface area contributed by atoms with Gasteiger partial charge >= 0.3 is 11.9 Å². The van der Waals surface area contributed by atoms with Crippen molar-refractivity contribution in [1.29, 1.82) is 0 Å². The predicted octanol–water partition coefficient (Wildman–Crippen LogP) is 1.24. The summed E-state index contributed by atoms with van der Waals surface area (Å²) in [6.07, 6.45) is 4.92. The fraction of sp³-hybridized carbons (Fsp3) is 0.400. The van der Waals surface area contributed by atoms with Crippen molar-refractivity contribution in [3.05, 3.63) is 51.8 Å². The molecule has 1 atom stereocenters. The van der Waals surface area contributed by atoms with Crippen LogP contribution in [0, 0.1) is 6.92 Å². The third-order valence-corrected chi connectivity index (χ3v) is 8.20. The molecule has 1 saturated carbocycles. The number of allylic oxidation sites excluding steroid dienone is 1. The largest absolute Gasteiger partial charge is 0.502 e. The van der Waals surface area contributed by atoms with E-state index < -0.39 is 39.4 Å². The lowest BCUT2D eigenvalue weighted by Gasteiger charge is -2.26. The molecule has 2 aliphatic carbocycles. The zero-order valence-corrected chi connectivity index (χ0v) is 19.6. The van der Waals surface area contributed by atoms with Crippen LogP contribution in [-0.4, -0.2) is 68.4 Å². The van der Waals surface area contributed by atoms with E-state index in [-0.39, 0.29) is 24.4 Å². The molecule has 1 N–H and O–H groups in total. The minimum Gasteiger partial charge on any atom is -0.357 e. The number of nitrogens with zero attached hydrogens (tertiary/aromatic N) is 5. The second kappa shape index (κ2) is 8.29. The maximum absolute atomic E-state index is 13.3. The van der Waals surface area contributed by atoms with E-state index in [0.29, 0.717) is 29.3 Å². The summed E-state index contributed by atoms with van der Waals surface area (Å²) in [6, 6.07) is 0.993. The molecule has 1 fully saturated rings. The minimum atomic E-state index is -4.01. The molecule has 2 aromatic heterocycles. The molecule has 3 amide bonds. The Bertz CT molecular complexity index is 1360. The first-order valence-corrected chi connectivity index (χ1v) is 12.8. The number of aryl methyl sites for hydroxylation is 1. The van der Waals surface area contributed by atoms with Crippen molar-refractivity contribution < 1.29 is 31.5 Å². The third kappa shape index (κ3) is 4.12. The monoisotopic (exact) mass is 507 g/mol. The van der Waals surface area contributed by atoms with Crippen molar-refractivity contribution in [2.75, 3.05) is 6.67 Å². The minimum absolute atomic E-state index is 0.0420. The summed E-state index contributed by atoms with van der Waals surface area (Å²) in [5, 5.41) is 10.9. The molecular weight excluding hydrogens is 487 g/mol. The van der Waals surface area contributed by atoms with Crippen molar-refractivity contribution in [2.24, 2.45) is 0 Å². The zero-order valence-electron chi connectivity index (χ0n) is 18.0. The first-order valence-electron chi connectivity index (χ1n) is 10.4. The molecule has 3 aliphatic rings. The maximum atomic E-state index is 13.3. The molecule has 0 aromatic carbocycles. The van der Waals surface area contributed by atoms with E-state index in [2.05, 4.69) is 20.1 Å². The van der Waals surface area contributed by atoms with Gasteiger partial charge in [0.2, 0.25) is 10.0 Å². The molecule has 1 unspecified atom stereocenters. The predicted molar refractivity (Wildman–Crippen MR) is 117 cm³/mol. The molecule has 178 valence electrons. The lowest BCUT2D eigenvalue weighted by atomic mass is 9.99. The van der Waals surface area contributed by atoms with Crippen LogP contribution in [-0.2, 0) is 27.9 Å². The van der Waals surface area contributed by atoms with Crippen LogP contribution >= 0.6 is 11.3 Å². The van der Waals surface area contributed by atoms with Crippen molar-refractivity contribution in [1.82, 2.24) is 25.0 Å². The summed E-state index contributed by atoms with van der Waals surface area (Å²) >= 11 is 1.24. The number of nitrogens with one attached hydrogen (secondary N) is 1. The Morgan fingerprint density at radius 2 is 2.18 bits per heavy atom. The van der Waals surface area contributed by atoms with Crippen molar-refractivity contribution in [3.63, 3.8) is 0 Å². The number of aromatic nitrogens is 3. The van der Waals surface area contributed by atoms with Crippen LogP contribution < -0.4 is 4.72 Å². The van der Waals surface area contributed by atoms with E-state index in [1.807, 2.05) is 0 Å². The van der Waals surface area contributed by atoms with Crippen LogP contribution in [0.4, 0.5) is 9.18 Å².